The summed E-state index contributed by atoms with van der Waals surface area (Å²) in [5.74, 6) is -0.283. The van der Waals surface area contributed by atoms with E-state index in [1.165, 1.54) is 12.1 Å². The monoisotopic (exact) mass is 211 g/mol. The van der Waals surface area contributed by atoms with Crippen molar-refractivity contribution in [1.29, 1.82) is 0 Å². The van der Waals surface area contributed by atoms with Gasteiger partial charge < -0.3 is 5.73 Å². The average Bonchev–Trinajstić information content (AvgIpc) is 2.12. The van der Waals surface area contributed by atoms with Crippen molar-refractivity contribution in [1.82, 2.24) is 0 Å². The molecule has 0 atom stereocenters. The highest BCUT2D eigenvalue weighted by atomic mass is 32.2. The predicted molar refractivity (Wildman–Crippen MR) is 51.9 cm³/mol. The summed E-state index contributed by atoms with van der Waals surface area (Å²) in [6, 6.07) is 4.59. The third-order valence-electron chi connectivity index (χ3n) is 2.25. The van der Waals surface area contributed by atoms with Gasteiger partial charge >= 0.3 is 0 Å². The van der Waals surface area contributed by atoms with E-state index in [9.17, 15) is 13.2 Å². The molecular formula is C9H9NO3S. The molecule has 0 spiro atoms. The first-order valence-corrected chi connectivity index (χ1v) is 5.82. The Labute approximate surface area is 81.6 Å². The fourth-order valence-electron chi connectivity index (χ4n) is 1.59. The second-order valence-corrected chi connectivity index (χ2v) is 5.26. The standard InChI is InChI=1S/C9H9NO3S/c10-7-3-1-2-6-8(11)4-5-14(12,13)9(6)7/h1-3H,4-5,10H2. The number of rotatable bonds is 0. The minimum atomic E-state index is -3.35. The molecule has 4 nitrogen and oxygen atoms in total. The zero-order valence-corrected chi connectivity index (χ0v) is 8.17. The van der Waals surface area contributed by atoms with Crippen LogP contribution >= 0.6 is 0 Å². The summed E-state index contributed by atoms with van der Waals surface area (Å²) in [6.07, 6.45) is 0.0544. The van der Waals surface area contributed by atoms with E-state index in [1.54, 1.807) is 6.07 Å². The number of ketones is 1. The maximum Gasteiger partial charge on any atom is 0.181 e. The van der Waals surface area contributed by atoms with Gasteiger partial charge in [0.15, 0.2) is 15.6 Å². The molecule has 0 amide bonds. The molecule has 2 N–H and O–H groups in total. The van der Waals surface area contributed by atoms with E-state index in [0.29, 0.717) is 0 Å². The smallest absolute Gasteiger partial charge is 0.181 e. The van der Waals surface area contributed by atoms with Gasteiger partial charge in [0.05, 0.1) is 11.4 Å². The second kappa shape index (κ2) is 2.81. The molecular weight excluding hydrogens is 202 g/mol. The van der Waals surface area contributed by atoms with Crippen molar-refractivity contribution < 1.29 is 13.2 Å². The van der Waals surface area contributed by atoms with E-state index >= 15 is 0 Å². The molecule has 0 unspecified atom stereocenters. The first-order valence-electron chi connectivity index (χ1n) is 4.17. The van der Waals surface area contributed by atoms with E-state index in [2.05, 4.69) is 0 Å². The molecule has 1 aliphatic rings. The topological polar surface area (TPSA) is 77.2 Å². The molecule has 1 aliphatic heterocycles. The Morgan fingerprint density at radius 2 is 2.00 bits per heavy atom. The molecule has 2 rings (SSSR count). The predicted octanol–water partition coefficient (Wildman–Crippen LogP) is 0.629. The van der Waals surface area contributed by atoms with Crippen LogP contribution in [0, 0.1) is 0 Å². The number of benzene rings is 1. The lowest BCUT2D eigenvalue weighted by Crippen LogP contribution is -2.22. The zero-order chi connectivity index (χ0) is 10.3. The number of nitrogens with two attached hydrogens (primary N) is 1. The fraction of sp³-hybridized carbons (Fsp3) is 0.222. The van der Waals surface area contributed by atoms with Gasteiger partial charge in [-0.25, -0.2) is 8.42 Å². The van der Waals surface area contributed by atoms with Gasteiger partial charge in [0.2, 0.25) is 0 Å². The lowest BCUT2D eigenvalue weighted by Gasteiger charge is -2.16. The number of carbonyl (C=O) groups is 1. The molecule has 1 aromatic rings. The average molecular weight is 211 g/mol. The van der Waals surface area contributed by atoms with Crippen molar-refractivity contribution in [3.8, 4) is 0 Å². The molecule has 0 fully saturated rings. The first-order chi connectivity index (χ1) is 6.52. The van der Waals surface area contributed by atoms with E-state index in [1.807, 2.05) is 0 Å². The van der Waals surface area contributed by atoms with Gasteiger partial charge in [-0.05, 0) is 12.1 Å². The Balaban J connectivity index is 2.83. The van der Waals surface area contributed by atoms with Crippen LogP contribution in [0.2, 0.25) is 0 Å². The van der Waals surface area contributed by atoms with Gasteiger partial charge in [0.25, 0.3) is 0 Å². The number of fused-ring (bicyclic) bond motifs is 1. The van der Waals surface area contributed by atoms with Gasteiger partial charge in [0, 0.05) is 12.0 Å². The molecule has 0 saturated carbocycles. The van der Waals surface area contributed by atoms with Crippen LogP contribution in [0.25, 0.3) is 0 Å². The Morgan fingerprint density at radius 3 is 2.64 bits per heavy atom. The zero-order valence-electron chi connectivity index (χ0n) is 7.36. The van der Waals surface area contributed by atoms with Crippen molar-refractivity contribution in [3.05, 3.63) is 23.8 Å². The number of carbonyl (C=O) groups excluding carboxylic acids is 1. The summed E-state index contributed by atoms with van der Waals surface area (Å²) in [5.41, 5.74) is 5.94. The SMILES string of the molecule is Nc1cccc2c1S(=O)(=O)CCC2=O. The molecule has 5 heteroatoms. The second-order valence-electron chi connectivity index (χ2n) is 3.22. The van der Waals surface area contributed by atoms with Gasteiger partial charge in [0.1, 0.15) is 4.90 Å². The summed E-state index contributed by atoms with van der Waals surface area (Å²) < 4.78 is 23.2. The largest absolute Gasteiger partial charge is 0.398 e. The normalized spacial score (nSPS) is 19.0. The van der Waals surface area contributed by atoms with Crippen LogP contribution in [0.15, 0.2) is 23.1 Å². The first kappa shape index (κ1) is 9.21. The molecule has 0 bridgehead atoms. The highest BCUT2D eigenvalue weighted by Crippen LogP contribution is 2.29. The van der Waals surface area contributed by atoms with Crippen LogP contribution < -0.4 is 5.73 Å². The number of hydrogen-bond acceptors (Lipinski definition) is 4. The van der Waals surface area contributed by atoms with E-state index in [0.717, 1.165) is 0 Å². The fourth-order valence-corrected chi connectivity index (χ4v) is 3.19. The Morgan fingerprint density at radius 1 is 1.29 bits per heavy atom. The summed E-state index contributed by atoms with van der Waals surface area (Å²) in [5, 5.41) is 0. The molecule has 0 aliphatic carbocycles. The molecule has 74 valence electrons. The Hall–Kier alpha value is -1.36. The number of sulfone groups is 1. The van der Waals surface area contributed by atoms with Crippen LogP contribution in [0.1, 0.15) is 16.8 Å². The molecule has 14 heavy (non-hydrogen) atoms. The summed E-state index contributed by atoms with van der Waals surface area (Å²) in [6.45, 7) is 0. The summed E-state index contributed by atoms with van der Waals surface area (Å²) >= 11 is 0. The lowest BCUT2D eigenvalue weighted by molar-refractivity contribution is 0.0983. The minimum Gasteiger partial charge on any atom is -0.398 e. The van der Waals surface area contributed by atoms with Crippen molar-refractivity contribution in [2.24, 2.45) is 0 Å². The van der Waals surface area contributed by atoms with E-state index in [-0.39, 0.29) is 34.1 Å². The van der Waals surface area contributed by atoms with Gasteiger partial charge in [-0.1, -0.05) is 6.07 Å². The van der Waals surface area contributed by atoms with Gasteiger partial charge in [-0.15, -0.1) is 0 Å². The molecule has 0 radical (unpaired) electrons. The van der Waals surface area contributed by atoms with Crippen LogP contribution in [0.4, 0.5) is 5.69 Å². The van der Waals surface area contributed by atoms with Crippen LogP contribution in [0.3, 0.4) is 0 Å². The maximum absolute atomic E-state index is 11.6. The highest BCUT2D eigenvalue weighted by Gasteiger charge is 2.30. The Kier molecular flexibility index (Phi) is 1.85. The number of hydrogen-bond donors (Lipinski definition) is 1. The van der Waals surface area contributed by atoms with Gasteiger partial charge in [-0.3, -0.25) is 4.79 Å². The third kappa shape index (κ3) is 1.21. The summed E-state index contributed by atoms with van der Waals surface area (Å²) in [7, 11) is -3.35. The van der Waals surface area contributed by atoms with Crippen LogP contribution in [-0.4, -0.2) is 20.0 Å². The molecule has 0 aromatic heterocycles. The van der Waals surface area contributed by atoms with Crippen LogP contribution in [0.5, 0.6) is 0 Å². The maximum atomic E-state index is 11.6. The highest BCUT2D eigenvalue weighted by molar-refractivity contribution is 7.91. The summed E-state index contributed by atoms with van der Waals surface area (Å²) in [4.78, 5) is 11.4. The quantitative estimate of drug-likeness (QED) is 0.638. The van der Waals surface area contributed by atoms with Crippen molar-refractivity contribution >= 4 is 21.3 Å². The van der Waals surface area contributed by atoms with Crippen molar-refractivity contribution in [2.75, 3.05) is 11.5 Å². The lowest BCUT2D eigenvalue weighted by atomic mass is 10.1. The molecule has 1 aromatic carbocycles. The van der Waals surface area contributed by atoms with E-state index < -0.39 is 9.84 Å². The third-order valence-corrected chi connectivity index (χ3v) is 4.07. The van der Waals surface area contributed by atoms with E-state index in [4.69, 9.17) is 5.73 Å². The van der Waals surface area contributed by atoms with Crippen molar-refractivity contribution in [3.63, 3.8) is 0 Å². The number of Topliss-reactive ketones (excluding diaryl/α,β-unsaturated/α-hetero) is 1. The number of anilines is 1. The van der Waals surface area contributed by atoms with Crippen LogP contribution in [-0.2, 0) is 9.84 Å². The minimum absolute atomic E-state index is 0.0104. The number of nitrogen functional groups attached to an aromatic ring is 1. The van der Waals surface area contributed by atoms with Gasteiger partial charge in [-0.2, -0.15) is 0 Å². The Bertz CT molecular complexity index is 505. The molecule has 0 saturated heterocycles. The molecule has 1 heterocycles. The van der Waals surface area contributed by atoms with Crippen molar-refractivity contribution in [2.45, 2.75) is 11.3 Å².